The molecule has 1 fully saturated rings. The molecule has 0 aliphatic carbocycles. The van der Waals surface area contributed by atoms with Gasteiger partial charge in [0.15, 0.2) is 0 Å². The molecular weight excluding hydrogens is 372 g/mol. The van der Waals surface area contributed by atoms with Gasteiger partial charge in [0.1, 0.15) is 28.9 Å². The van der Waals surface area contributed by atoms with E-state index in [0.29, 0.717) is 17.0 Å². The number of nitrogens with zero attached hydrogens (tertiary/aromatic N) is 7. The third-order valence-electron chi connectivity index (χ3n) is 4.60. The van der Waals surface area contributed by atoms with E-state index in [4.69, 9.17) is 5.11 Å². The minimum Gasteiger partial charge on any atom is -0.395 e. The number of aliphatic hydroxyl groups is 1. The number of nitriles is 1. The lowest BCUT2D eigenvalue weighted by atomic mass is 9.90. The van der Waals surface area contributed by atoms with Gasteiger partial charge in [0, 0.05) is 24.7 Å². The number of fused-ring (bicyclic) bond motifs is 1. The standard InChI is InChI=1S/C15H16N8O3S/c16-3-2-15(8-22(9-15)27(25,26)6-5-24)23-20-7-12(21-23)13-11-1-4-17-14(11)19-10-18-13/h1,4,7,10,24H,2,5-6,8-9H2,(H,17,18,19). The van der Waals surface area contributed by atoms with E-state index in [1.807, 2.05) is 6.07 Å². The highest BCUT2D eigenvalue weighted by atomic mass is 32.2. The highest BCUT2D eigenvalue weighted by molar-refractivity contribution is 7.89. The summed E-state index contributed by atoms with van der Waals surface area (Å²) >= 11 is 0. The fourth-order valence-corrected chi connectivity index (χ4v) is 4.55. The second kappa shape index (κ2) is 6.38. The molecule has 0 bridgehead atoms. The van der Waals surface area contributed by atoms with Crippen LogP contribution in [0.4, 0.5) is 0 Å². The minimum absolute atomic E-state index is 0.0651. The van der Waals surface area contributed by atoms with Crippen molar-refractivity contribution >= 4 is 21.1 Å². The minimum atomic E-state index is -3.56. The van der Waals surface area contributed by atoms with Gasteiger partial charge in [-0.1, -0.05) is 0 Å². The first-order valence-corrected chi connectivity index (χ1v) is 9.77. The summed E-state index contributed by atoms with van der Waals surface area (Å²) in [6.07, 6.45) is 4.78. The van der Waals surface area contributed by atoms with E-state index in [1.54, 1.807) is 12.4 Å². The molecule has 0 amide bonds. The number of hydrogen-bond acceptors (Lipinski definition) is 8. The zero-order valence-electron chi connectivity index (χ0n) is 14.1. The van der Waals surface area contributed by atoms with Gasteiger partial charge in [0.25, 0.3) is 0 Å². The Balaban J connectivity index is 1.65. The van der Waals surface area contributed by atoms with Crippen molar-refractivity contribution in [2.24, 2.45) is 0 Å². The van der Waals surface area contributed by atoms with Gasteiger partial charge in [0.2, 0.25) is 10.0 Å². The molecule has 3 aromatic rings. The van der Waals surface area contributed by atoms with Crippen LogP contribution in [0.2, 0.25) is 0 Å². The van der Waals surface area contributed by atoms with Crippen LogP contribution in [-0.2, 0) is 15.6 Å². The third-order valence-corrected chi connectivity index (χ3v) is 6.35. The summed E-state index contributed by atoms with van der Waals surface area (Å²) in [4.78, 5) is 12.8. The molecule has 11 nitrogen and oxygen atoms in total. The molecular formula is C15H16N8O3S. The average Bonchev–Trinajstić information content (AvgIpc) is 3.26. The monoisotopic (exact) mass is 388 g/mol. The van der Waals surface area contributed by atoms with Gasteiger partial charge in [-0.2, -0.15) is 24.6 Å². The van der Waals surface area contributed by atoms with Gasteiger partial charge in [-0.25, -0.2) is 18.4 Å². The SMILES string of the molecule is N#CCC1(n2ncc(-c3ncnc4[nH]ccc34)n2)CN(S(=O)(=O)CCO)C1. The zero-order valence-corrected chi connectivity index (χ0v) is 15.0. The fourth-order valence-electron chi connectivity index (χ4n) is 3.18. The maximum absolute atomic E-state index is 12.1. The van der Waals surface area contributed by atoms with Crippen molar-refractivity contribution in [1.29, 1.82) is 5.26 Å². The van der Waals surface area contributed by atoms with E-state index in [-0.39, 0.29) is 25.3 Å². The Hall–Kier alpha value is -2.88. The van der Waals surface area contributed by atoms with Gasteiger partial charge in [0.05, 0.1) is 31.0 Å². The van der Waals surface area contributed by atoms with Gasteiger partial charge in [-0.3, -0.25) is 0 Å². The Labute approximate surface area is 154 Å². The van der Waals surface area contributed by atoms with E-state index in [2.05, 4.69) is 31.2 Å². The lowest BCUT2D eigenvalue weighted by molar-refractivity contribution is 0.0570. The molecule has 4 heterocycles. The Kier molecular flexibility index (Phi) is 4.14. The predicted molar refractivity (Wildman–Crippen MR) is 93.6 cm³/mol. The van der Waals surface area contributed by atoms with Crippen molar-refractivity contribution in [2.45, 2.75) is 12.0 Å². The van der Waals surface area contributed by atoms with Crippen molar-refractivity contribution < 1.29 is 13.5 Å². The molecule has 0 aromatic carbocycles. The van der Waals surface area contributed by atoms with Gasteiger partial charge < -0.3 is 10.1 Å². The molecule has 1 saturated heterocycles. The molecule has 27 heavy (non-hydrogen) atoms. The summed E-state index contributed by atoms with van der Waals surface area (Å²) in [6, 6.07) is 3.92. The maximum atomic E-state index is 12.1. The molecule has 12 heteroatoms. The van der Waals surface area contributed by atoms with E-state index >= 15 is 0 Å². The second-order valence-electron chi connectivity index (χ2n) is 6.35. The van der Waals surface area contributed by atoms with Crippen molar-refractivity contribution in [3.63, 3.8) is 0 Å². The van der Waals surface area contributed by atoms with Crippen LogP contribution in [0.1, 0.15) is 6.42 Å². The number of H-pyrrole nitrogens is 1. The van der Waals surface area contributed by atoms with Crippen LogP contribution < -0.4 is 0 Å². The third kappa shape index (κ3) is 2.85. The van der Waals surface area contributed by atoms with Gasteiger partial charge in [-0.15, -0.1) is 0 Å². The van der Waals surface area contributed by atoms with Crippen LogP contribution in [0.25, 0.3) is 22.4 Å². The van der Waals surface area contributed by atoms with E-state index in [9.17, 15) is 13.7 Å². The smallest absolute Gasteiger partial charge is 0.216 e. The first kappa shape index (κ1) is 17.5. The summed E-state index contributed by atoms with van der Waals surface area (Å²) in [5.41, 5.74) is 0.950. The summed E-state index contributed by atoms with van der Waals surface area (Å²) in [7, 11) is -3.56. The molecule has 3 aromatic heterocycles. The van der Waals surface area contributed by atoms with Crippen molar-refractivity contribution in [1.82, 2.24) is 34.3 Å². The van der Waals surface area contributed by atoms with Crippen LogP contribution in [-0.4, -0.2) is 73.2 Å². The van der Waals surface area contributed by atoms with Crippen LogP contribution in [0, 0.1) is 11.3 Å². The maximum Gasteiger partial charge on any atom is 0.216 e. The number of nitrogens with one attached hydrogen (secondary N) is 1. The molecule has 1 aliphatic rings. The summed E-state index contributed by atoms with van der Waals surface area (Å²) in [6.45, 7) is -0.282. The van der Waals surface area contributed by atoms with Crippen molar-refractivity contribution in [3.8, 4) is 17.5 Å². The van der Waals surface area contributed by atoms with Gasteiger partial charge in [-0.05, 0) is 6.07 Å². The number of aromatic nitrogens is 6. The molecule has 4 rings (SSSR count). The van der Waals surface area contributed by atoms with Crippen LogP contribution >= 0.6 is 0 Å². The Morgan fingerprint density at radius 3 is 2.93 bits per heavy atom. The molecule has 0 spiro atoms. The molecule has 1 aliphatic heterocycles. The first-order chi connectivity index (χ1) is 13.0. The molecule has 140 valence electrons. The number of hydrogen-bond donors (Lipinski definition) is 2. The molecule has 0 radical (unpaired) electrons. The highest BCUT2D eigenvalue weighted by Gasteiger charge is 2.51. The summed E-state index contributed by atoms with van der Waals surface area (Å²) in [5, 5.41) is 27.7. The van der Waals surface area contributed by atoms with Crippen molar-refractivity contribution in [3.05, 3.63) is 24.8 Å². The quantitative estimate of drug-likeness (QED) is 0.571. The fraction of sp³-hybridized carbons (Fsp3) is 0.400. The average molecular weight is 388 g/mol. The van der Waals surface area contributed by atoms with E-state index in [0.717, 1.165) is 5.39 Å². The van der Waals surface area contributed by atoms with Gasteiger partial charge >= 0.3 is 0 Å². The van der Waals surface area contributed by atoms with Crippen LogP contribution in [0.5, 0.6) is 0 Å². The lowest BCUT2D eigenvalue weighted by Gasteiger charge is -2.46. The van der Waals surface area contributed by atoms with E-state index in [1.165, 1.54) is 15.4 Å². The zero-order chi connectivity index (χ0) is 19.1. The second-order valence-corrected chi connectivity index (χ2v) is 8.44. The highest BCUT2D eigenvalue weighted by Crippen LogP contribution is 2.34. The normalized spacial score (nSPS) is 16.9. The summed E-state index contributed by atoms with van der Waals surface area (Å²) in [5.74, 6) is -0.347. The molecule has 0 saturated carbocycles. The van der Waals surface area contributed by atoms with Crippen molar-refractivity contribution in [2.75, 3.05) is 25.4 Å². The lowest BCUT2D eigenvalue weighted by Crippen LogP contribution is -2.65. The predicted octanol–water partition coefficient (Wildman–Crippen LogP) is -0.537. The van der Waals surface area contributed by atoms with E-state index < -0.39 is 22.2 Å². The number of rotatable bonds is 6. The number of aromatic amines is 1. The number of aliphatic hydroxyl groups excluding tert-OH is 1. The molecule has 0 unspecified atom stereocenters. The Morgan fingerprint density at radius 1 is 1.37 bits per heavy atom. The summed E-state index contributed by atoms with van der Waals surface area (Å²) < 4.78 is 25.4. The largest absolute Gasteiger partial charge is 0.395 e. The Morgan fingerprint density at radius 2 is 2.19 bits per heavy atom. The Bertz CT molecular complexity index is 1120. The first-order valence-electron chi connectivity index (χ1n) is 8.16. The van der Waals surface area contributed by atoms with Crippen LogP contribution in [0.15, 0.2) is 24.8 Å². The topological polar surface area (TPSA) is 154 Å². The van der Waals surface area contributed by atoms with Crippen LogP contribution in [0.3, 0.4) is 0 Å². The number of sulfonamides is 1. The molecule has 2 N–H and O–H groups in total. The molecule has 0 atom stereocenters.